The molecular formula is C20H35NO4. The third-order valence-electron chi connectivity index (χ3n) is 5.38. The molecule has 5 heteroatoms. The summed E-state index contributed by atoms with van der Waals surface area (Å²) in [5.41, 5.74) is -0.560. The highest BCUT2D eigenvalue weighted by Crippen LogP contribution is 2.36. The molecule has 0 aromatic rings. The first-order valence-electron chi connectivity index (χ1n) is 9.78. The van der Waals surface area contributed by atoms with Crippen molar-refractivity contribution >= 4 is 12.1 Å². The van der Waals surface area contributed by atoms with Gasteiger partial charge >= 0.3 is 12.1 Å². The minimum atomic E-state index is -0.560. The Morgan fingerprint density at radius 1 is 1.12 bits per heavy atom. The summed E-state index contributed by atoms with van der Waals surface area (Å²) in [4.78, 5) is 26.7. The predicted molar refractivity (Wildman–Crippen MR) is 97.2 cm³/mol. The van der Waals surface area contributed by atoms with Crippen molar-refractivity contribution in [2.24, 2.45) is 17.8 Å². The Morgan fingerprint density at radius 3 is 2.40 bits per heavy atom. The summed E-state index contributed by atoms with van der Waals surface area (Å²) in [5.74, 6) is 1.24. The second kappa shape index (κ2) is 7.96. The van der Waals surface area contributed by atoms with Crippen LogP contribution < -0.4 is 0 Å². The van der Waals surface area contributed by atoms with Crippen LogP contribution in [0.15, 0.2) is 0 Å². The first kappa shape index (κ1) is 20.1. The van der Waals surface area contributed by atoms with Crippen LogP contribution in [0.4, 0.5) is 4.79 Å². The molecule has 144 valence electrons. The third kappa shape index (κ3) is 5.35. The van der Waals surface area contributed by atoms with E-state index in [1.807, 2.05) is 20.8 Å². The van der Waals surface area contributed by atoms with Crippen LogP contribution >= 0.6 is 0 Å². The van der Waals surface area contributed by atoms with Gasteiger partial charge in [0.2, 0.25) is 0 Å². The van der Waals surface area contributed by atoms with Crippen LogP contribution in [0.3, 0.4) is 0 Å². The summed E-state index contributed by atoms with van der Waals surface area (Å²) in [5, 5.41) is 0. The molecule has 4 atom stereocenters. The van der Waals surface area contributed by atoms with Gasteiger partial charge in [0.1, 0.15) is 17.7 Å². The zero-order valence-electron chi connectivity index (χ0n) is 16.7. The van der Waals surface area contributed by atoms with Crippen LogP contribution in [0, 0.1) is 17.8 Å². The molecule has 0 spiro atoms. The number of hydrogen-bond donors (Lipinski definition) is 0. The zero-order valence-corrected chi connectivity index (χ0v) is 16.7. The molecule has 0 aromatic heterocycles. The van der Waals surface area contributed by atoms with Crippen LogP contribution in [0.25, 0.3) is 0 Å². The van der Waals surface area contributed by atoms with Crippen LogP contribution in [0.2, 0.25) is 0 Å². The zero-order chi connectivity index (χ0) is 18.8. The summed E-state index contributed by atoms with van der Waals surface area (Å²) < 4.78 is 11.4. The van der Waals surface area contributed by atoms with Gasteiger partial charge in [-0.1, -0.05) is 27.2 Å². The average Bonchev–Trinajstić information content (AvgIpc) is 2.94. The summed E-state index contributed by atoms with van der Waals surface area (Å²) in [7, 11) is 0. The Balaban J connectivity index is 2.01. The molecule has 2 fully saturated rings. The quantitative estimate of drug-likeness (QED) is 0.706. The fraction of sp³-hybridized carbons (Fsp3) is 0.900. The number of carbonyl (C=O) groups excluding carboxylic acids is 2. The number of esters is 1. The number of carbonyl (C=O) groups is 2. The second-order valence-electron chi connectivity index (χ2n) is 9.13. The van der Waals surface area contributed by atoms with Gasteiger partial charge in [0, 0.05) is 6.54 Å². The second-order valence-corrected chi connectivity index (χ2v) is 9.13. The number of nitrogens with zero attached hydrogens (tertiary/aromatic N) is 1. The summed E-state index contributed by atoms with van der Waals surface area (Å²) in [6.07, 6.45) is 4.26. The Labute approximate surface area is 152 Å². The van der Waals surface area contributed by atoms with Crippen molar-refractivity contribution in [1.29, 1.82) is 0 Å². The standard InChI is InChI=1S/C20H35NO4/c1-13(2)15-10-9-14(3)12-17(15)24-18(22)16-8-7-11-21(16)19(23)25-20(4,5)6/h13-17H,7-12H2,1-6H3/t14-,15+,16+,17-/m1/s1. The van der Waals surface area contributed by atoms with E-state index in [0.29, 0.717) is 30.7 Å². The van der Waals surface area contributed by atoms with Crippen molar-refractivity contribution in [3.05, 3.63) is 0 Å². The van der Waals surface area contributed by atoms with Gasteiger partial charge in [-0.3, -0.25) is 4.90 Å². The Morgan fingerprint density at radius 2 is 1.80 bits per heavy atom. The van der Waals surface area contributed by atoms with Crippen LogP contribution in [0.1, 0.15) is 73.6 Å². The van der Waals surface area contributed by atoms with E-state index in [-0.39, 0.29) is 12.1 Å². The van der Waals surface area contributed by atoms with Gasteiger partial charge in [-0.15, -0.1) is 0 Å². The molecule has 25 heavy (non-hydrogen) atoms. The average molecular weight is 354 g/mol. The molecule has 0 unspecified atom stereocenters. The molecule has 0 N–H and O–H groups in total. The molecule has 0 radical (unpaired) electrons. The smallest absolute Gasteiger partial charge is 0.411 e. The predicted octanol–water partition coefficient (Wildman–Crippen LogP) is 4.39. The first-order valence-corrected chi connectivity index (χ1v) is 9.78. The lowest BCUT2D eigenvalue weighted by Gasteiger charge is -2.37. The van der Waals surface area contributed by atoms with E-state index in [4.69, 9.17) is 9.47 Å². The minimum absolute atomic E-state index is 0.0302. The molecule has 1 aliphatic heterocycles. The van der Waals surface area contributed by atoms with E-state index >= 15 is 0 Å². The molecule has 0 bridgehead atoms. The van der Waals surface area contributed by atoms with Crippen LogP contribution in [-0.2, 0) is 14.3 Å². The number of rotatable bonds is 3. The van der Waals surface area contributed by atoms with Gasteiger partial charge in [-0.2, -0.15) is 0 Å². The van der Waals surface area contributed by atoms with Crippen molar-refractivity contribution in [1.82, 2.24) is 4.90 Å². The van der Waals surface area contributed by atoms with E-state index in [1.165, 1.54) is 6.42 Å². The lowest BCUT2D eigenvalue weighted by Crippen LogP contribution is -2.46. The number of ether oxygens (including phenoxy) is 2. The minimum Gasteiger partial charge on any atom is -0.461 e. The molecule has 1 amide bonds. The molecule has 2 aliphatic rings. The summed E-state index contributed by atoms with van der Waals surface area (Å²) in [6, 6.07) is -0.500. The summed E-state index contributed by atoms with van der Waals surface area (Å²) in [6.45, 7) is 12.7. The maximum absolute atomic E-state index is 12.8. The Hall–Kier alpha value is -1.26. The monoisotopic (exact) mass is 353 g/mol. The number of likely N-dealkylation sites (tertiary alicyclic amines) is 1. The molecule has 1 heterocycles. The van der Waals surface area contributed by atoms with Gasteiger partial charge in [0.15, 0.2) is 0 Å². The van der Waals surface area contributed by atoms with E-state index in [2.05, 4.69) is 20.8 Å². The van der Waals surface area contributed by atoms with Gasteiger partial charge in [-0.05, 0) is 64.2 Å². The highest BCUT2D eigenvalue weighted by molar-refractivity contribution is 5.82. The topological polar surface area (TPSA) is 55.8 Å². The molecule has 1 saturated heterocycles. The fourth-order valence-corrected chi connectivity index (χ4v) is 4.03. The molecule has 0 aromatic carbocycles. The van der Waals surface area contributed by atoms with Crippen molar-refractivity contribution in [3.8, 4) is 0 Å². The van der Waals surface area contributed by atoms with E-state index < -0.39 is 17.7 Å². The van der Waals surface area contributed by atoms with Crippen LogP contribution in [0.5, 0.6) is 0 Å². The van der Waals surface area contributed by atoms with Crippen LogP contribution in [-0.4, -0.2) is 41.3 Å². The normalized spacial score (nSPS) is 30.4. The molecule has 1 aliphatic carbocycles. The Bertz CT molecular complexity index is 483. The lowest BCUT2D eigenvalue weighted by molar-refractivity contribution is -0.161. The van der Waals surface area contributed by atoms with Gasteiger partial charge in [0.25, 0.3) is 0 Å². The van der Waals surface area contributed by atoms with Crippen molar-refractivity contribution < 1.29 is 19.1 Å². The number of hydrogen-bond acceptors (Lipinski definition) is 4. The van der Waals surface area contributed by atoms with E-state index in [9.17, 15) is 9.59 Å². The first-order chi connectivity index (χ1) is 11.6. The highest BCUT2D eigenvalue weighted by atomic mass is 16.6. The molecule has 5 nitrogen and oxygen atoms in total. The maximum Gasteiger partial charge on any atom is 0.411 e. The van der Waals surface area contributed by atoms with E-state index in [1.54, 1.807) is 4.90 Å². The maximum atomic E-state index is 12.8. The van der Waals surface area contributed by atoms with Gasteiger partial charge in [-0.25, -0.2) is 9.59 Å². The van der Waals surface area contributed by atoms with Gasteiger partial charge < -0.3 is 9.47 Å². The van der Waals surface area contributed by atoms with Crippen molar-refractivity contribution in [3.63, 3.8) is 0 Å². The van der Waals surface area contributed by atoms with Crippen molar-refractivity contribution in [2.45, 2.75) is 91.4 Å². The third-order valence-corrected chi connectivity index (χ3v) is 5.38. The molecule has 1 saturated carbocycles. The fourth-order valence-electron chi connectivity index (χ4n) is 4.03. The molecule has 2 rings (SSSR count). The van der Waals surface area contributed by atoms with Gasteiger partial charge in [0.05, 0.1) is 0 Å². The summed E-state index contributed by atoms with van der Waals surface area (Å²) >= 11 is 0. The van der Waals surface area contributed by atoms with Crippen molar-refractivity contribution in [2.75, 3.05) is 6.54 Å². The van der Waals surface area contributed by atoms with E-state index in [0.717, 1.165) is 19.3 Å². The lowest BCUT2D eigenvalue weighted by atomic mass is 9.75. The largest absolute Gasteiger partial charge is 0.461 e. The highest BCUT2D eigenvalue weighted by Gasteiger charge is 2.40. The molecular weight excluding hydrogens is 318 g/mol. The number of amides is 1. The Kier molecular flexibility index (Phi) is 6.39. The SMILES string of the molecule is CC(C)[C@@H]1CC[C@@H](C)C[C@H]1OC(=O)[C@@H]1CCCN1C(=O)OC(C)(C)C.